The van der Waals surface area contributed by atoms with Crippen LogP contribution in [0, 0.1) is 13.8 Å². The second kappa shape index (κ2) is 12.1. The Kier molecular flexibility index (Phi) is 8.62. The summed E-state index contributed by atoms with van der Waals surface area (Å²) in [5.41, 5.74) is 1.87. The highest BCUT2D eigenvalue weighted by molar-refractivity contribution is 7.89. The highest BCUT2D eigenvalue weighted by atomic mass is 32.2. The van der Waals surface area contributed by atoms with Gasteiger partial charge in [-0.1, -0.05) is 43.7 Å². The number of sulfonamides is 1. The summed E-state index contributed by atoms with van der Waals surface area (Å²) in [6, 6.07) is 8.79. The van der Waals surface area contributed by atoms with E-state index >= 15 is 0 Å². The van der Waals surface area contributed by atoms with Gasteiger partial charge in [0.15, 0.2) is 6.23 Å². The molecule has 0 bridgehead atoms. The summed E-state index contributed by atoms with van der Waals surface area (Å²) in [6.45, 7) is 4.91. The third-order valence-electron chi connectivity index (χ3n) is 6.05. The van der Waals surface area contributed by atoms with E-state index in [2.05, 4.69) is 35.5 Å². The topological polar surface area (TPSA) is 171 Å². The third-order valence-corrected chi connectivity index (χ3v) is 7.83. The molecule has 0 aliphatic carbocycles. The number of rotatable bonds is 12. The number of aromatic nitrogens is 4. The molecule has 0 fully saturated rings. The van der Waals surface area contributed by atoms with Crippen molar-refractivity contribution >= 4 is 38.8 Å². The summed E-state index contributed by atoms with van der Waals surface area (Å²) in [5, 5.41) is 13.1. The van der Waals surface area contributed by atoms with Crippen LogP contribution in [0.15, 0.2) is 59.9 Å². The number of ether oxygens (including phenoxy) is 1. The van der Waals surface area contributed by atoms with E-state index in [1.807, 2.05) is 6.92 Å². The van der Waals surface area contributed by atoms with Gasteiger partial charge in [0.2, 0.25) is 16.0 Å². The molecule has 39 heavy (non-hydrogen) atoms. The van der Waals surface area contributed by atoms with E-state index in [1.165, 1.54) is 0 Å². The summed E-state index contributed by atoms with van der Waals surface area (Å²) in [4.78, 5) is 33.5. The van der Waals surface area contributed by atoms with Crippen LogP contribution in [0.4, 0.5) is 5.95 Å². The number of nitrogens with zero attached hydrogens (tertiary/aromatic N) is 2. The van der Waals surface area contributed by atoms with E-state index in [9.17, 15) is 18.0 Å². The number of carbonyl (C=O) groups excluding carboxylic acids is 2. The minimum Gasteiger partial charge on any atom is -0.440 e. The molecule has 4 aromatic rings. The number of benzene rings is 2. The molecule has 0 spiro atoms. The maximum absolute atomic E-state index is 13.4. The molecule has 0 radical (unpaired) electrons. The van der Waals surface area contributed by atoms with Crippen LogP contribution < -0.4 is 15.4 Å². The molecule has 4 rings (SSSR count). The molecule has 2 heterocycles. The summed E-state index contributed by atoms with van der Waals surface area (Å²) in [6.07, 6.45) is 5.08. The Morgan fingerprint density at radius 1 is 1.10 bits per heavy atom. The first-order chi connectivity index (χ1) is 18.7. The maximum atomic E-state index is 13.4. The highest BCUT2D eigenvalue weighted by Gasteiger charge is 2.31. The zero-order valence-electron chi connectivity index (χ0n) is 21.8. The van der Waals surface area contributed by atoms with Crippen LogP contribution in [0.3, 0.4) is 0 Å². The number of hydrogen-bond donors (Lipinski definition) is 5. The van der Waals surface area contributed by atoms with Crippen molar-refractivity contribution in [1.29, 1.82) is 0 Å². The number of amides is 1. The van der Waals surface area contributed by atoms with Crippen LogP contribution in [0.25, 0.3) is 10.9 Å². The molecular weight excluding hydrogens is 522 g/mol. The molecule has 0 aliphatic rings. The lowest BCUT2D eigenvalue weighted by atomic mass is 10.1. The average Bonchev–Trinajstić information content (AvgIpc) is 3.58. The molecule has 5 N–H and O–H groups in total. The number of aromatic amines is 2. The van der Waals surface area contributed by atoms with E-state index in [1.54, 1.807) is 68.8 Å². The molecule has 2 aromatic heterocycles. The van der Waals surface area contributed by atoms with E-state index in [0.29, 0.717) is 41.0 Å². The smallest absolute Gasteiger partial charge is 0.327 e. The molecule has 2 unspecified atom stereocenters. The van der Waals surface area contributed by atoms with E-state index < -0.39 is 34.2 Å². The van der Waals surface area contributed by atoms with Gasteiger partial charge < -0.3 is 20.4 Å². The Labute approximate surface area is 226 Å². The Morgan fingerprint density at radius 2 is 1.85 bits per heavy atom. The Hall–Kier alpha value is -4.23. The predicted molar refractivity (Wildman–Crippen MR) is 145 cm³/mol. The van der Waals surface area contributed by atoms with Crippen molar-refractivity contribution in [2.45, 2.75) is 50.8 Å². The first kappa shape index (κ1) is 27.8. The summed E-state index contributed by atoms with van der Waals surface area (Å²) in [5.74, 6) is -0.968. The molecule has 1 amide bonds. The van der Waals surface area contributed by atoms with Crippen LogP contribution in [0.1, 0.15) is 41.3 Å². The largest absolute Gasteiger partial charge is 0.440 e. The number of aryl methyl sites for hydroxylation is 2. The predicted octanol–water partition coefficient (Wildman–Crippen LogP) is 2.76. The fourth-order valence-corrected chi connectivity index (χ4v) is 5.89. The van der Waals surface area contributed by atoms with Gasteiger partial charge in [-0.05, 0) is 31.0 Å². The van der Waals surface area contributed by atoms with Gasteiger partial charge in [-0.2, -0.15) is 9.82 Å². The molecule has 0 saturated heterocycles. The zero-order chi connectivity index (χ0) is 28.0. The number of carbonyl (C=O) groups is 2. The first-order valence-electron chi connectivity index (χ1n) is 12.4. The molecule has 2 aromatic carbocycles. The van der Waals surface area contributed by atoms with Crippen molar-refractivity contribution in [3.8, 4) is 0 Å². The zero-order valence-corrected chi connectivity index (χ0v) is 22.6. The number of esters is 1. The van der Waals surface area contributed by atoms with Gasteiger partial charge in [-0.3, -0.25) is 14.7 Å². The lowest BCUT2D eigenvalue weighted by Gasteiger charge is -2.24. The van der Waals surface area contributed by atoms with Crippen molar-refractivity contribution in [2.24, 2.45) is 0 Å². The number of fused-ring (bicyclic) bond motifs is 1. The van der Waals surface area contributed by atoms with Crippen molar-refractivity contribution in [3.63, 3.8) is 0 Å². The monoisotopic (exact) mass is 553 g/mol. The average molecular weight is 554 g/mol. The number of H-pyrrole nitrogens is 2. The van der Waals surface area contributed by atoms with Gasteiger partial charge in [0, 0.05) is 30.7 Å². The van der Waals surface area contributed by atoms with E-state index in [0.717, 1.165) is 5.39 Å². The Morgan fingerprint density at radius 3 is 2.54 bits per heavy atom. The van der Waals surface area contributed by atoms with Gasteiger partial charge >= 0.3 is 5.97 Å². The number of para-hydroxylation sites is 1. The van der Waals surface area contributed by atoms with Gasteiger partial charge in [0.25, 0.3) is 5.91 Å². The fourth-order valence-electron chi connectivity index (χ4n) is 4.23. The number of imidazole rings is 1. The number of anilines is 1. The van der Waals surface area contributed by atoms with Gasteiger partial charge in [0.1, 0.15) is 6.04 Å². The maximum Gasteiger partial charge on any atom is 0.327 e. The van der Waals surface area contributed by atoms with Gasteiger partial charge in [0.05, 0.1) is 22.2 Å². The number of hydrogen-bond acceptors (Lipinski definition) is 8. The quantitative estimate of drug-likeness (QED) is 0.132. The third kappa shape index (κ3) is 6.62. The molecule has 12 nitrogen and oxygen atoms in total. The Bertz CT molecular complexity index is 1530. The van der Waals surface area contributed by atoms with Crippen LogP contribution >= 0.6 is 0 Å². The molecular formula is C26H31N7O5S. The minimum absolute atomic E-state index is 0.0650. The second-order valence-electron chi connectivity index (χ2n) is 9.04. The molecule has 13 heteroatoms. The summed E-state index contributed by atoms with van der Waals surface area (Å²) < 4.78 is 35.0. The molecule has 206 valence electrons. The SMILES string of the molecule is CCCC(Nc1ncc[nH]1)OC(=O)C(CNC(=O)c1cccc2cn[nH]c12)NS(=O)(=O)c1c(C)cccc1C. The fraction of sp³-hybridized carbons (Fsp3) is 0.308. The second-order valence-corrected chi connectivity index (χ2v) is 10.7. The van der Waals surface area contributed by atoms with Gasteiger partial charge in [-0.25, -0.2) is 13.4 Å². The lowest BCUT2D eigenvalue weighted by Crippen LogP contribution is -2.50. The van der Waals surface area contributed by atoms with Gasteiger partial charge in [-0.15, -0.1) is 0 Å². The van der Waals surface area contributed by atoms with Crippen LogP contribution in [-0.4, -0.2) is 59.3 Å². The molecule has 0 aliphatic heterocycles. The van der Waals surface area contributed by atoms with Crippen molar-refractivity contribution in [2.75, 3.05) is 11.9 Å². The normalized spacial score (nSPS) is 13.1. The minimum atomic E-state index is -4.16. The first-order valence-corrected chi connectivity index (χ1v) is 13.9. The summed E-state index contributed by atoms with van der Waals surface area (Å²) >= 11 is 0. The van der Waals surface area contributed by atoms with Crippen LogP contribution in [0.5, 0.6) is 0 Å². The van der Waals surface area contributed by atoms with E-state index in [-0.39, 0.29) is 11.4 Å². The standard InChI is InChI=1S/C26H31N7O5S/c1-4-7-21(31-26-27-12-13-28-26)38-25(35)20(33-39(36,37)23-16(2)8-5-9-17(23)3)15-29-24(34)19-11-6-10-18-14-30-32-22(18)19/h5-6,8-14,20-21,33H,4,7,15H2,1-3H3,(H,29,34)(H,30,32)(H2,27,28,31). The number of nitrogens with one attached hydrogen (secondary N) is 5. The van der Waals surface area contributed by atoms with Crippen molar-refractivity contribution < 1.29 is 22.7 Å². The highest BCUT2D eigenvalue weighted by Crippen LogP contribution is 2.20. The van der Waals surface area contributed by atoms with Crippen LogP contribution in [0.2, 0.25) is 0 Å². The van der Waals surface area contributed by atoms with Crippen molar-refractivity contribution in [3.05, 3.63) is 71.7 Å². The molecule has 0 saturated carbocycles. The van der Waals surface area contributed by atoms with E-state index in [4.69, 9.17) is 4.74 Å². The van der Waals surface area contributed by atoms with Crippen LogP contribution in [-0.2, 0) is 19.6 Å². The van der Waals surface area contributed by atoms with Crippen molar-refractivity contribution in [1.82, 2.24) is 30.2 Å². The Balaban J connectivity index is 1.58. The summed E-state index contributed by atoms with van der Waals surface area (Å²) in [7, 11) is -4.16. The molecule has 2 atom stereocenters. The lowest BCUT2D eigenvalue weighted by molar-refractivity contribution is -0.149.